The molecule has 0 rings (SSSR count). The van der Waals surface area contributed by atoms with Crippen LogP contribution in [0.1, 0.15) is 19.8 Å². The number of rotatable bonds is 4. The highest BCUT2D eigenvalue weighted by molar-refractivity contribution is 6.76. The molecule has 0 bridgehead atoms. The Hall–Kier alpha value is -0.113. The smallest absolute Gasteiger partial charge is 0.266 e. The molecular weight excluding hydrogens is 131 g/mol. The van der Waals surface area contributed by atoms with Gasteiger partial charge in [-0.15, -0.1) is 6.58 Å². The van der Waals surface area contributed by atoms with E-state index in [0.717, 1.165) is 18.9 Å². The van der Waals surface area contributed by atoms with E-state index >= 15 is 0 Å². The second-order valence-corrected chi connectivity index (χ2v) is 6.05. The molecule has 0 radical (unpaired) electrons. The molecule has 0 heterocycles. The lowest BCUT2D eigenvalue weighted by Crippen LogP contribution is -2.19. The van der Waals surface area contributed by atoms with Gasteiger partial charge in [0.25, 0.3) is 8.41 Å². The summed E-state index contributed by atoms with van der Waals surface area (Å²) in [5, 5.41) is 0. The van der Waals surface area contributed by atoms with Crippen molar-refractivity contribution in [3.63, 3.8) is 0 Å². The molecular formula is C7H15FSi. The zero-order valence-corrected chi connectivity index (χ0v) is 7.28. The van der Waals surface area contributed by atoms with Crippen LogP contribution in [0.25, 0.3) is 0 Å². The third-order valence-electron chi connectivity index (χ3n) is 1.44. The van der Waals surface area contributed by atoms with Crippen LogP contribution < -0.4 is 0 Å². The Morgan fingerprint density at radius 2 is 2.22 bits per heavy atom. The summed E-state index contributed by atoms with van der Waals surface area (Å²) >= 11 is 0. The molecule has 0 saturated heterocycles. The molecule has 0 amide bonds. The van der Waals surface area contributed by atoms with Crippen LogP contribution in [0.2, 0.25) is 12.6 Å². The van der Waals surface area contributed by atoms with Crippen molar-refractivity contribution in [1.82, 2.24) is 0 Å². The van der Waals surface area contributed by atoms with Gasteiger partial charge in [-0.25, -0.2) is 0 Å². The van der Waals surface area contributed by atoms with Gasteiger partial charge in [0.05, 0.1) is 0 Å². The van der Waals surface area contributed by atoms with Gasteiger partial charge in [-0.1, -0.05) is 25.5 Å². The Kier molecular flexibility index (Phi) is 3.78. The van der Waals surface area contributed by atoms with E-state index in [1.807, 2.05) is 0 Å². The Bertz CT molecular complexity index is 88.9. The van der Waals surface area contributed by atoms with Crippen LogP contribution in [0.15, 0.2) is 12.3 Å². The van der Waals surface area contributed by atoms with E-state index in [4.69, 9.17) is 0 Å². The van der Waals surface area contributed by atoms with Crippen LogP contribution in [-0.4, -0.2) is 8.41 Å². The van der Waals surface area contributed by atoms with E-state index in [9.17, 15) is 4.11 Å². The van der Waals surface area contributed by atoms with Crippen LogP contribution in [0.3, 0.4) is 0 Å². The lowest BCUT2D eigenvalue weighted by molar-refractivity contribution is 0.759. The monoisotopic (exact) mass is 146 g/mol. The fourth-order valence-corrected chi connectivity index (χ4v) is 1.87. The van der Waals surface area contributed by atoms with Crippen molar-refractivity contribution in [2.24, 2.45) is 0 Å². The molecule has 0 aromatic rings. The molecule has 0 aromatic carbocycles. The first kappa shape index (κ1) is 8.89. The quantitative estimate of drug-likeness (QED) is 0.422. The SMILES string of the molecule is C=C[Si](C)(F)CCCC. The highest BCUT2D eigenvalue weighted by Gasteiger charge is 2.21. The Morgan fingerprint density at radius 1 is 1.67 bits per heavy atom. The summed E-state index contributed by atoms with van der Waals surface area (Å²) in [6, 6.07) is 0.743. The van der Waals surface area contributed by atoms with Crippen molar-refractivity contribution >= 4 is 8.41 Å². The van der Waals surface area contributed by atoms with E-state index < -0.39 is 8.41 Å². The van der Waals surface area contributed by atoms with Crippen molar-refractivity contribution in [2.45, 2.75) is 32.4 Å². The van der Waals surface area contributed by atoms with E-state index in [-0.39, 0.29) is 0 Å². The number of hydrogen-bond acceptors (Lipinski definition) is 0. The minimum Gasteiger partial charge on any atom is -0.309 e. The predicted molar refractivity (Wildman–Crippen MR) is 42.6 cm³/mol. The van der Waals surface area contributed by atoms with Gasteiger partial charge in [0.1, 0.15) is 0 Å². The van der Waals surface area contributed by atoms with E-state index in [2.05, 4.69) is 13.5 Å². The normalized spacial score (nSPS) is 16.8. The average Bonchev–Trinajstić information content (AvgIpc) is 1.84. The highest BCUT2D eigenvalue weighted by Crippen LogP contribution is 2.15. The zero-order valence-electron chi connectivity index (χ0n) is 6.28. The predicted octanol–water partition coefficient (Wildman–Crippen LogP) is 3.06. The van der Waals surface area contributed by atoms with Crippen molar-refractivity contribution < 1.29 is 4.11 Å². The van der Waals surface area contributed by atoms with E-state index in [1.165, 1.54) is 5.70 Å². The molecule has 0 aliphatic carbocycles. The molecule has 0 saturated carbocycles. The first-order chi connectivity index (χ1) is 4.12. The first-order valence-corrected chi connectivity index (χ1v) is 6.11. The molecule has 9 heavy (non-hydrogen) atoms. The summed E-state index contributed by atoms with van der Waals surface area (Å²) in [6.45, 7) is 7.25. The minimum absolute atomic E-state index is 0.743. The zero-order chi connectivity index (χ0) is 7.33. The summed E-state index contributed by atoms with van der Waals surface area (Å²) in [5.41, 5.74) is 1.52. The molecule has 54 valence electrons. The molecule has 0 aliphatic heterocycles. The van der Waals surface area contributed by atoms with Gasteiger partial charge in [0, 0.05) is 0 Å². The first-order valence-electron chi connectivity index (χ1n) is 3.45. The van der Waals surface area contributed by atoms with Gasteiger partial charge in [0.2, 0.25) is 0 Å². The third-order valence-corrected chi connectivity index (χ3v) is 3.63. The summed E-state index contributed by atoms with van der Waals surface area (Å²) in [6.07, 6.45) is 2.09. The molecule has 0 spiro atoms. The van der Waals surface area contributed by atoms with Gasteiger partial charge in [-0.2, -0.15) is 0 Å². The highest BCUT2D eigenvalue weighted by atomic mass is 28.4. The van der Waals surface area contributed by atoms with Crippen molar-refractivity contribution in [2.75, 3.05) is 0 Å². The Balaban J connectivity index is 3.45. The van der Waals surface area contributed by atoms with Crippen LogP contribution in [0, 0.1) is 0 Å². The van der Waals surface area contributed by atoms with Gasteiger partial charge in [-0.05, 0) is 12.6 Å². The van der Waals surface area contributed by atoms with Crippen LogP contribution in [-0.2, 0) is 0 Å². The Morgan fingerprint density at radius 3 is 2.56 bits per heavy atom. The maximum absolute atomic E-state index is 13.0. The topological polar surface area (TPSA) is 0 Å². The number of halogens is 1. The van der Waals surface area contributed by atoms with Gasteiger partial charge in [0.15, 0.2) is 0 Å². The maximum atomic E-state index is 13.0. The van der Waals surface area contributed by atoms with Crippen LogP contribution >= 0.6 is 0 Å². The lowest BCUT2D eigenvalue weighted by atomic mass is 10.4. The fourth-order valence-electron chi connectivity index (χ4n) is 0.624. The minimum atomic E-state index is -2.43. The van der Waals surface area contributed by atoms with E-state index in [0.29, 0.717) is 0 Å². The molecule has 1 unspecified atom stereocenters. The maximum Gasteiger partial charge on any atom is 0.266 e. The Labute approximate surface area is 58.0 Å². The third kappa shape index (κ3) is 4.39. The lowest BCUT2D eigenvalue weighted by Gasteiger charge is -2.09. The van der Waals surface area contributed by atoms with Gasteiger partial charge in [-0.3, -0.25) is 0 Å². The largest absolute Gasteiger partial charge is 0.309 e. The summed E-state index contributed by atoms with van der Waals surface area (Å²) in [7, 11) is -2.43. The molecule has 0 aliphatic rings. The van der Waals surface area contributed by atoms with Gasteiger partial charge < -0.3 is 4.11 Å². The molecule has 0 fully saturated rings. The van der Waals surface area contributed by atoms with Crippen molar-refractivity contribution in [3.05, 3.63) is 12.3 Å². The molecule has 0 nitrogen and oxygen atoms in total. The van der Waals surface area contributed by atoms with Crippen molar-refractivity contribution in [1.29, 1.82) is 0 Å². The molecule has 1 atom stereocenters. The van der Waals surface area contributed by atoms with Crippen LogP contribution in [0.5, 0.6) is 0 Å². The molecule has 0 aromatic heterocycles. The summed E-state index contributed by atoms with van der Waals surface area (Å²) in [5.74, 6) is 0. The van der Waals surface area contributed by atoms with Crippen molar-refractivity contribution in [3.8, 4) is 0 Å². The average molecular weight is 146 g/mol. The fraction of sp³-hybridized carbons (Fsp3) is 0.714. The molecule has 2 heteroatoms. The number of hydrogen-bond donors (Lipinski definition) is 0. The summed E-state index contributed by atoms with van der Waals surface area (Å²) in [4.78, 5) is 0. The number of unbranched alkanes of at least 4 members (excludes halogenated alkanes) is 1. The second-order valence-electron chi connectivity index (χ2n) is 2.59. The van der Waals surface area contributed by atoms with Crippen LogP contribution in [0.4, 0.5) is 4.11 Å². The summed E-state index contributed by atoms with van der Waals surface area (Å²) < 4.78 is 13.0. The molecule has 0 N–H and O–H groups in total. The second kappa shape index (κ2) is 3.83. The van der Waals surface area contributed by atoms with Gasteiger partial charge >= 0.3 is 0 Å². The van der Waals surface area contributed by atoms with E-state index in [1.54, 1.807) is 6.55 Å². The standard InChI is InChI=1S/C7H15FSi/c1-4-6-7-9(3,8)5-2/h5H,2,4,6-7H2,1,3H3.